The minimum absolute atomic E-state index is 0.521. The van der Waals surface area contributed by atoms with Gasteiger partial charge in [0.25, 0.3) is 0 Å². The van der Waals surface area contributed by atoms with Gasteiger partial charge in [0.05, 0.1) is 19.9 Å². The van der Waals surface area contributed by atoms with Gasteiger partial charge in [-0.05, 0) is 36.6 Å². The predicted octanol–water partition coefficient (Wildman–Crippen LogP) is 4.55. The summed E-state index contributed by atoms with van der Waals surface area (Å²) < 4.78 is 4.59. The highest BCUT2D eigenvalue weighted by molar-refractivity contribution is 7.79. The lowest BCUT2D eigenvalue weighted by molar-refractivity contribution is 0.115. The van der Waals surface area contributed by atoms with E-state index >= 15 is 0 Å². The van der Waals surface area contributed by atoms with Crippen molar-refractivity contribution in [3.63, 3.8) is 0 Å². The summed E-state index contributed by atoms with van der Waals surface area (Å²) in [6.07, 6.45) is -0.563. The highest BCUT2D eigenvalue weighted by atomic mass is 32.1. The summed E-state index contributed by atoms with van der Waals surface area (Å²) in [6.45, 7) is 4.24. The van der Waals surface area contributed by atoms with Gasteiger partial charge >= 0.3 is 6.09 Å². The molecule has 2 rings (SSSR count). The van der Waals surface area contributed by atoms with Crippen molar-refractivity contribution in [1.29, 1.82) is 0 Å². The van der Waals surface area contributed by atoms with E-state index in [1.807, 2.05) is 18.2 Å². The maximum absolute atomic E-state index is 11.4. The van der Waals surface area contributed by atoms with Crippen LogP contribution in [0.5, 0.6) is 0 Å². The Morgan fingerprint density at radius 1 is 1.00 bits per heavy atom. The Hall–Kier alpha value is -1.98. The van der Waals surface area contributed by atoms with Gasteiger partial charge in [0.15, 0.2) is 0 Å². The molecule has 0 radical (unpaired) electrons. The largest absolute Gasteiger partial charge is 0.451 e. The van der Waals surface area contributed by atoms with Gasteiger partial charge in [-0.1, -0.05) is 42.5 Å². The summed E-state index contributed by atoms with van der Waals surface area (Å²) in [5.74, 6) is 0.521. The summed E-state index contributed by atoms with van der Waals surface area (Å²) in [7, 11) is 2.71. The van der Waals surface area contributed by atoms with E-state index in [0.29, 0.717) is 11.4 Å². The number of aryl methyl sites for hydroxylation is 2. The highest BCUT2D eigenvalue weighted by Crippen LogP contribution is 2.22. The Morgan fingerprint density at radius 2 is 1.52 bits per heavy atom. The van der Waals surface area contributed by atoms with Crippen LogP contribution in [0.4, 0.5) is 10.5 Å². The van der Waals surface area contributed by atoms with E-state index in [0.717, 1.165) is 10.6 Å². The summed E-state index contributed by atoms with van der Waals surface area (Å²) >= 11 is 4.18. The lowest BCUT2D eigenvalue weighted by Gasteiger charge is -2.20. The molecule has 23 heavy (non-hydrogen) atoms. The smallest absolute Gasteiger partial charge is 0.438 e. The maximum atomic E-state index is 11.4. The van der Waals surface area contributed by atoms with Crippen molar-refractivity contribution in [2.75, 3.05) is 19.3 Å². The fourth-order valence-corrected chi connectivity index (χ4v) is 2.13. The Morgan fingerprint density at radius 3 is 1.96 bits per heavy atom. The molecule has 1 amide bonds. The van der Waals surface area contributed by atoms with Gasteiger partial charge in [-0.2, -0.15) is 17.7 Å². The van der Waals surface area contributed by atoms with Gasteiger partial charge < -0.3 is 4.74 Å². The number of carbonyl (C=O) groups excluding carboxylic acids is 1. The van der Waals surface area contributed by atoms with Crippen LogP contribution in [0.2, 0.25) is 0 Å². The Balaban J connectivity index is 0.000000277. The molecular formula is C18H23NO3S. The quantitative estimate of drug-likeness (QED) is 0.661. The normalized spacial score (nSPS) is 9.61. The van der Waals surface area contributed by atoms with Crippen LogP contribution in [0.25, 0.3) is 0 Å². The van der Waals surface area contributed by atoms with E-state index in [-0.39, 0.29) is 0 Å². The van der Waals surface area contributed by atoms with Crippen LogP contribution in [0.1, 0.15) is 16.7 Å². The molecule has 0 bridgehead atoms. The molecular weight excluding hydrogens is 310 g/mol. The first-order valence-corrected chi connectivity index (χ1v) is 7.81. The molecule has 0 aliphatic rings. The van der Waals surface area contributed by atoms with E-state index in [2.05, 4.69) is 55.5 Å². The van der Waals surface area contributed by atoms with Crippen LogP contribution in [0.15, 0.2) is 48.5 Å². The Bertz CT molecular complexity index is 610. The maximum Gasteiger partial charge on any atom is 0.438 e. The first kappa shape index (κ1) is 19.1. The van der Waals surface area contributed by atoms with Crippen molar-refractivity contribution in [3.05, 3.63) is 65.2 Å². The molecule has 0 heterocycles. The first-order valence-electron chi connectivity index (χ1n) is 7.18. The van der Waals surface area contributed by atoms with Gasteiger partial charge in [0, 0.05) is 5.75 Å². The molecule has 0 aromatic heterocycles. The number of methoxy groups -OCH3 is 1. The summed E-state index contributed by atoms with van der Waals surface area (Å²) in [6, 6.07) is 15.7. The van der Waals surface area contributed by atoms with Gasteiger partial charge in [-0.25, -0.2) is 4.79 Å². The number of carbonyl (C=O) groups is 1. The second kappa shape index (κ2) is 9.92. The van der Waals surface area contributed by atoms with Gasteiger partial charge in [-0.15, -0.1) is 0 Å². The molecule has 0 unspecified atom stereocenters. The van der Waals surface area contributed by atoms with Crippen molar-refractivity contribution in [2.24, 2.45) is 0 Å². The van der Waals surface area contributed by atoms with Crippen molar-refractivity contribution in [2.45, 2.75) is 19.6 Å². The fourth-order valence-electron chi connectivity index (χ4n) is 1.86. The Kier molecular flexibility index (Phi) is 8.22. The standard InChI is InChI=1S/C10H13NO3S.C8H10/c1-13-10(12)11(14-2)9-6-4-3-5-8(9)7-15;1-7-5-3-4-6-8(7)2/h3-6,15H,7H2,1-2H3;3-6H,1-2H3. The topological polar surface area (TPSA) is 38.8 Å². The number of hydroxylamine groups is 1. The van der Waals surface area contributed by atoms with Crippen LogP contribution in [0.3, 0.4) is 0 Å². The number of ether oxygens (including phenoxy) is 1. The van der Waals surface area contributed by atoms with E-state index < -0.39 is 6.09 Å². The van der Waals surface area contributed by atoms with E-state index in [9.17, 15) is 4.79 Å². The third kappa shape index (κ3) is 5.62. The van der Waals surface area contributed by atoms with Crippen molar-refractivity contribution in [3.8, 4) is 0 Å². The van der Waals surface area contributed by atoms with E-state index in [4.69, 9.17) is 4.84 Å². The molecule has 0 saturated heterocycles. The summed E-state index contributed by atoms with van der Waals surface area (Å²) in [4.78, 5) is 16.3. The second-order valence-corrected chi connectivity index (χ2v) is 5.13. The fraction of sp³-hybridized carbons (Fsp3) is 0.278. The molecule has 0 atom stereocenters. The monoisotopic (exact) mass is 333 g/mol. The lowest BCUT2D eigenvalue weighted by Crippen LogP contribution is -2.30. The summed E-state index contributed by atoms with van der Waals surface area (Å²) in [5.41, 5.74) is 4.27. The van der Waals surface area contributed by atoms with Crippen LogP contribution >= 0.6 is 12.6 Å². The van der Waals surface area contributed by atoms with Gasteiger partial charge in [-0.3, -0.25) is 4.84 Å². The number of hydrogen-bond acceptors (Lipinski definition) is 4. The average Bonchev–Trinajstić information content (AvgIpc) is 2.59. The number of amides is 1. The molecule has 4 nitrogen and oxygen atoms in total. The molecule has 124 valence electrons. The summed E-state index contributed by atoms with van der Waals surface area (Å²) in [5, 5.41) is 1.09. The molecule has 2 aromatic carbocycles. The number of hydrogen-bond donors (Lipinski definition) is 1. The van der Waals surface area contributed by atoms with Crippen LogP contribution in [0, 0.1) is 13.8 Å². The number of para-hydroxylation sites is 1. The Labute approximate surface area is 143 Å². The molecule has 5 heteroatoms. The molecule has 0 aliphatic carbocycles. The van der Waals surface area contributed by atoms with Crippen molar-refractivity contribution >= 4 is 24.4 Å². The minimum Gasteiger partial charge on any atom is -0.451 e. The van der Waals surface area contributed by atoms with Crippen molar-refractivity contribution in [1.82, 2.24) is 0 Å². The zero-order valence-electron chi connectivity index (χ0n) is 13.9. The van der Waals surface area contributed by atoms with Crippen molar-refractivity contribution < 1.29 is 14.4 Å². The van der Waals surface area contributed by atoms with Crippen LogP contribution in [-0.4, -0.2) is 20.3 Å². The number of anilines is 1. The lowest BCUT2D eigenvalue weighted by atomic mass is 10.1. The third-order valence-corrected chi connectivity index (χ3v) is 3.67. The molecule has 0 N–H and O–H groups in total. The molecule has 0 saturated carbocycles. The molecule has 0 spiro atoms. The zero-order chi connectivity index (χ0) is 17.2. The number of benzene rings is 2. The third-order valence-electron chi connectivity index (χ3n) is 3.33. The second-order valence-electron chi connectivity index (χ2n) is 4.82. The molecule has 2 aromatic rings. The minimum atomic E-state index is -0.563. The van der Waals surface area contributed by atoms with Gasteiger partial charge in [0.2, 0.25) is 0 Å². The van der Waals surface area contributed by atoms with Crippen LogP contribution in [-0.2, 0) is 15.3 Å². The van der Waals surface area contributed by atoms with E-state index in [1.165, 1.54) is 25.3 Å². The van der Waals surface area contributed by atoms with E-state index in [1.54, 1.807) is 6.07 Å². The first-order chi connectivity index (χ1) is 11.0. The number of nitrogens with zero attached hydrogens (tertiary/aromatic N) is 1. The molecule has 0 fully saturated rings. The van der Waals surface area contributed by atoms with Gasteiger partial charge in [0.1, 0.15) is 0 Å². The zero-order valence-corrected chi connectivity index (χ0v) is 14.8. The number of thiol groups is 1. The SMILES string of the molecule is COC(=O)N(OC)c1ccccc1CS.Cc1ccccc1C. The average molecular weight is 333 g/mol. The predicted molar refractivity (Wildman–Crippen MR) is 96.9 cm³/mol. The molecule has 0 aliphatic heterocycles. The number of rotatable bonds is 3. The van der Waals surface area contributed by atoms with Crippen LogP contribution < -0.4 is 5.06 Å². The highest BCUT2D eigenvalue weighted by Gasteiger charge is 2.18.